The van der Waals surface area contributed by atoms with Crippen LogP contribution in [-0.2, 0) is 0 Å². The van der Waals surface area contributed by atoms with Crippen molar-refractivity contribution < 1.29 is 4.39 Å². The molecule has 88 valence electrons. The van der Waals surface area contributed by atoms with Crippen LogP contribution in [0.1, 0.15) is 0 Å². The fraction of sp³-hybridized carbons (Fsp3) is 0. The van der Waals surface area contributed by atoms with Crippen molar-refractivity contribution in [3.8, 4) is 11.3 Å². The van der Waals surface area contributed by atoms with Crippen LogP contribution in [0.15, 0.2) is 48.7 Å². The second kappa shape index (κ2) is 4.35. The molecule has 0 saturated heterocycles. The highest BCUT2D eigenvalue weighted by Crippen LogP contribution is 2.28. The first-order valence-corrected chi connectivity index (χ1v) is 5.79. The van der Waals surface area contributed by atoms with Gasteiger partial charge >= 0.3 is 0 Å². The van der Waals surface area contributed by atoms with E-state index < -0.39 is 5.95 Å². The van der Waals surface area contributed by atoms with E-state index in [0.717, 1.165) is 10.8 Å². The first-order chi connectivity index (χ1) is 8.74. The summed E-state index contributed by atoms with van der Waals surface area (Å²) in [5, 5.41) is 2.30. The summed E-state index contributed by atoms with van der Waals surface area (Å²) in [5.74, 6) is -0.529. The molecule has 0 aliphatic rings. The van der Waals surface area contributed by atoms with Gasteiger partial charge in [-0.05, 0) is 17.5 Å². The molecular weight excluding hydrogens is 251 g/mol. The smallest absolute Gasteiger partial charge is 0.213 e. The van der Waals surface area contributed by atoms with Crippen LogP contribution < -0.4 is 0 Å². The van der Waals surface area contributed by atoms with Crippen LogP contribution in [0.2, 0.25) is 5.15 Å². The van der Waals surface area contributed by atoms with Gasteiger partial charge in [0.1, 0.15) is 5.15 Å². The van der Waals surface area contributed by atoms with Gasteiger partial charge in [0, 0.05) is 23.2 Å². The Balaban J connectivity index is 2.34. The van der Waals surface area contributed by atoms with Crippen molar-refractivity contribution in [1.82, 2.24) is 9.97 Å². The summed E-state index contributed by atoms with van der Waals surface area (Å²) >= 11 is 5.99. The minimum atomic E-state index is -0.529. The zero-order chi connectivity index (χ0) is 12.5. The Kier molecular flexibility index (Phi) is 2.68. The fourth-order valence-corrected chi connectivity index (χ4v) is 2.14. The SMILES string of the molecule is Fc1cc(-c2nc(Cl)cc3ccccc23)ccn1. The maximum absolute atomic E-state index is 13.2. The molecule has 2 aromatic heterocycles. The molecule has 0 spiro atoms. The summed E-state index contributed by atoms with van der Waals surface area (Å²) < 4.78 is 13.2. The van der Waals surface area contributed by atoms with Gasteiger partial charge in [-0.2, -0.15) is 4.39 Å². The minimum Gasteiger partial charge on any atom is -0.235 e. The van der Waals surface area contributed by atoms with Crippen molar-refractivity contribution in [3.63, 3.8) is 0 Å². The van der Waals surface area contributed by atoms with E-state index in [1.807, 2.05) is 24.3 Å². The minimum absolute atomic E-state index is 0.390. The number of hydrogen-bond donors (Lipinski definition) is 0. The Bertz CT molecular complexity index is 728. The molecule has 0 N–H and O–H groups in total. The second-order valence-corrected chi connectivity index (χ2v) is 4.27. The van der Waals surface area contributed by atoms with Gasteiger partial charge in [-0.15, -0.1) is 0 Å². The topological polar surface area (TPSA) is 25.8 Å². The summed E-state index contributed by atoms with van der Waals surface area (Å²) in [6, 6.07) is 12.6. The number of nitrogens with zero attached hydrogens (tertiary/aromatic N) is 2. The van der Waals surface area contributed by atoms with Crippen LogP contribution in [0.25, 0.3) is 22.0 Å². The lowest BCUT2D eigenvalue weighted by Gasteiger charge is -2.06. The van der Waals surface area contributed by atoms with Crippen LogP contribution in [0.4, 0.5) is 4.39 Å². The Morgan fingerprint density at radius 2 is 1.89 bits per heavy atom. The maximum atomic E-state index is 13.2. The molecule has 0 fully saturated rings. The summed E-state index contributed by atoms with van der Waals surface area (Å²) in [6.45, 7) is 0. The number of aromatic nitrogens is 2. The summed E-state index contributed by atoms with van der Waals surface area (Å²) in [4.78, 5) is 7.82. The molecule has 2 nitrogen and oxygen atoms in total. The fourth-order valence-electron chi connectivity index (χ4n) is 1.94. The van der Waals surface area contributed by atoms with Crippen LogP contribution >= 0.6 is 11.6 Å². The molecule has 0 unspecified atom stereocenters. The quantitative estimate of drug-likeness (QED) is 0.615. The predicted molar refractivity (Wildman–Crippen MR) is 69.9 cm³/mol. The number of rotatable bonds is 1. The molecule has 18 heavy (non-hydrogen) atoms. The molecule has 4 heteroatoms. The maximum Gasteiger partial charge on any atom is 0.213 e. The Labute approximate surface area is 108 Å². The number of pyridine rings is 2. The average molecular weight is 259 g/mol. The standard InChI is InChI=1S/C14H8ClFN2/c15-12-7-9-3-1-2-4-11(9)14(18-12)10-5-6-17-13(16)8-10/h1-8H. The van der Waals surface area contributed by atoms with Gasteiger partial charge in [0.15, 0.2) is 0 Å². The van der Waals surface area contributed by atoms with E-state index in [9.17, 15) is 4.39 Å². The van der Waals surface area contributed by atoms with Crippen molar-refractivity contribution in [2.24, 2.45) is 0 Å². The van der Waals surface area contributed by atoms with Gasteiger partial charge in [0.25, 0.3) is 0 Å². The predicted octanol–water partition coefficient (Wildman–Crippen LogP) is 4.09. The van der Waals surface area contributed by atoms with E-state index in [0.29, 0.717) is 16.4 Å². The largest absolute Gasteiger partial charge is 0.235 e. The van der Waals surface area contributed by atoms with Gasteiger partial charge in [0.2, 0.25) is 5.95 Å². The number of halogens is 2. The summed E-state index contributed by atoms with van der Waals surface area (Å²) in [7, 11) is 0. The van der Waals surface area contributed by atoms with Gasteiger partial charge in [-0.25, -0.2) is 9.97 Å². The second-order valence-electron chi connectivity index (χ2n) is 3.88. The summed E-state index contributed by atoms with van der Waals surface area (Å²) in [6.07, 6.45) is 1.42. The van der Waals surface area contributed by atoms with E-state index in [1.54, 1.807) is 12.1 Å². The first kappa shape index (κ1) is 11.1. The molecule has 0 radical (unpaired) electrons. The number of hydrogen-bond acceptors (Lipinski definition) is 2. The molecule has 0 aliphatic carbocycles. The normalized spacial score (nSPS) is 10.8. The van der Waals surface area contributed by atoms with Crippen molar-refractivity contribution in [1.29, 1.82) is 0 Å². The van der Waals surface area contributed by atoms with E-state index in [2.05, 4.69) is 9.97 Å². The number of fused-ring (bicyclic) bond motifs is 1. The lowest BCUT2D eigenvalue weighted by atomic mass is 10.1. The van der Waals surface area contributed by atoms with Gasteiger partial charge in [-0.3, -0.25) is 0 Å². The van der Waals surface area contributed by atoms with Crippen LogP contribution in [0.5, 0.6) is 0 Å². The van der Waals surface area contributed by atoms with Crippen LogP contribution in [-0.4, -0.2) is 9.97 Å². The van der Waals surface area contributed by atoms with E-state index >= 15 is 0 Å². The lowest BCUT2D eigenvalue weighted by molar-refractivity contribution is 0.584. The Hall–Kier alpha value is -2.00. The Morgan fingerprint density at radius 1 is 1.06 bits per heavy atom. The molecule has 1 aromatic carbocycles. The van der Waals surface area contributed by atoms with Crippen molar-refractivity contribution in [3.05, 3.63) is 59.8 Å². The molecule has 0 saturated carbocycles. The highest BCUT2D eigenvalue weighted by molar-refractivity contribution is 6.30. The van der Waals surface area contributed by atoms with E-state index in [-0.39, 0.29) is 0 Å². The third kappa shape index (κ3) is 1.93. The van der Waals surface area contributed by atoms with Gasteiger partial charge in [-0.1, -0.05) is 35.9 Å². The third-order valence-corrected chi connectivity index (χ3v) is 2.90. The lowest BCUT2D eigenvalue weighted by Crippen LogP contribution is -1.89. The number of benzene rings is 1. The zero-order valence-electron chi connectivity index (χ0n) is 9.27. The molecule has 2 heterocycles. The molecule has 0 amide bonds. The zero-order valence-corrected chi connectivity index (χ0v) is 10.0. The van der Waals surface area contributed by atoms with Crippen LogP contribution in [0, 0.1) is 5.95 Å². The van der Waals surface area contributed by atoms with Gasteiger partial charge in [0.05, 0.1) is 5.69 Å². The first-order valence-electron chi connectivity index (χ1n) is 5.41. The highest BCUT2D eigenvalue weighted by Gasteiger charge is 2.08. The van der Waals surface area contributed by atoms with Crippen molar-refractivity contribution in [2.45, 2.75) is 0 Å². The molecule has 0 bridgehead atoms. The van der Waals surface area contributed by atoms with E-state index in [1.165, 1.54) is 12.3 Å². The Morgan fingerprint density at radius 3 is 2.72 bits per heavy atom. The van der Waals surface area contributed by atoms with E-state index in [4.69, 9.17) is 11.6 Å². The van der Waals surface area contributed by atoms with Crippen molar-refractivity contribution >= 4 is 22.4 Å². The average Bonchev–Trinajstić information content (AvgIpc) is 2.37. The van der Waals surface area contributed by atoms with Crippen LogP contribution in [0.3, 0.4) is 0 Å². The van der Waals surface area contributed by atoms with Crippen molar-refractivity contribution in [2.75, 3.05) is 0 Å². The van der Waals surface area contributed by atoms with Gasteiger partial charge < -0.3 is 0 Å². The molecule has 3 rings (SSSR count). The molecular formula is C14H8ClFN2. The molecule has 0 atom stereocenters. The molecule has 3 aromatic rings. The highest BCUT2D eigenvalue weighted by atomic mass is 35.5. The molecule has 0 aliphatic heterocycles. The third-order valence-electron chi connectivity index (χ3n) is 2.71. The summed E-state index contributed by atoms with van der Waals surface area (Å²) in [5.41, 5.74) is 1.33. The monoisotopic (exact) mass is 258 g/mol.